The molecule has 5 nitrogen and oxygen atoms in total. The first kappa shape index (κ1) is 15.6. The second-order valence-corrected chi connectivity index (χ2v) is 6.21. The molecule has 1 saturated heterocycles. The minimum Gasteiger partial charge on any atom is -0.337 e. The Hall–Kier alpha value is -2.95. The van der Waals surface area contributed by atoms with Gasteiger partial charge in [0.25, 0.3) is 0 Å². The number of aromatic nitrogens is 1. The maximum Gasteiger partial charge on any atom is 0.229 e. The molecule has 0 spiro atoms. The molecule has 0 bridgehead atoms. The van der Waals surface area contributed by atoms with Gasteiger partial charge >= 0.3 is 0 Å². The molecule has 2 aliphatic heterocycles. The molecular formula is C20H20N4O. The number of guanidine groups is 1. The van der Waals surface area contributed by atoms with Gasteiger partial charge in [0.2, 0.25) is 11.9 Å². The third-order valence-electron chi connectivity index (χ3n) is 4.59. The molecule has 126 valence electrons. The van der Waals surface area contributed by atoms with Gasteiger partial charge in [-0.15, -0.1) is 0 Å². The van der Waals surface area contributed by atoms with Crippen LogP contribution in [0.1, 0.15) is 17.5 Å². The van der Waals surface area contributed by atoms with E-state index in [0.29, 0.717) is 13.0 Å². The highest BCUT2D eigenvalue weighted by molar-refractivity contribution is 6.01. The van der Waals surface area contributed by atoms with Gasteiger partial charge in [0.1, 0.15) is 0 Å². The van der Waals surface area contributed by atoms with Crippen molar-refractivity contribution >= 4 is 17.6 Å². The highest BCUT2D eigenvalue weighted by Gasteiger charge is 2.32. The Morgan fingerprint density at radius 2 is 1.84 bits per heavy atom. The Balaban J connectivity index is 1.48. The summed E-state index contributed by atoms with van der Waals surface area (Å²) in [5.41, 5.74) is 3.14. The van der Waals surface area contributed by atoms with Crippen molar-refractivity contribution in [1.29, 1.82) is 0 Å². The molecular weight excluding hydrogens is 312 g/mol. The maximum absolute atomic E-state index is 12.7. The minimum absolute atomic E-state index is 0.140. The molecule has 0 N–H and O–H groups in total. The van der Waals surface area contributed by atoms with E-state index in [2.05, 4.69) is 28.1 Å². The summed E-state index contributed by atoms with van der Waals surface area (Å²) < 4.78 is 0. The lowest BCUT2D eigenvalue weighted by atomic mass is 10.1. The fraction of sp³-hybridized carbons (Fsp3) is 0.250. The first-order valence-corrected chi connectivity index (χ1v) is 8.60. The van der Waals surface area contributed by atoms with Crippen LogP contribution in [-0.2, 0) is 11.2 Å². The Morgan fingerprint density at radius 3 is 2.64 bits per heavy atom. The summed E-state index contributed by atoms with van der Waals surface area (Å²) in [5.74, 6) is 0.924. The van der Waals surface area contributed by atoms with Crippen LogP contribution in [0.5, 0.6) is 0 Å². The second kappa shape index (κ2) is 6.89. The SMILES string of the molecule is O=C(CCc1ccccc1)N1CCN2CC=C(c3ccncc3)N=C21. The number of aliphatic imine (C=N–C) groups is 1. The molecule has 5 heteroatoms. The summed E-state index contributed by atoms with van der Waals surface area (Å²) in [6.45, 7) is 2.35. The van der Waals surface area contributed by atoms with Gasteiger partial charge in [-0.1, -0.05) is 30.3 Å². The topological polar surface area (TPSA) is 48.8 Å². The molecule has 25 heavy (non-hydrogen) atoms. The number of carbonyl (C=O) groups excluding carboxylic acids is 1. The molecule has 1 amide bonds. The van der Waals surface area contributed by atoms with Gasteiger partial charge in [-0.2, -0.15) is 0 Å². The molecule has 3 heterocycles. The zero-order chi connectivity index (χ0) is 17.1. The van der Waals surface area contributed by atoms with Gasteiger partial charge in [0, 0.05) is 44.0 Å². The molecule has 2 aromatic rings. The summed E-state index contributed by atoms with van der Waals surface area (Å²) in [6, 6.07) is 14.0. The fourth-order valence-corrected chi connectivity index (χ4v) is 3.22. The third kappa shape index (κ3) is 3.31. The highest BCUT2D eigenvalue weighted by atomic mass is 16.2. The average Bonchev–Trinajstić information content (AvgIpc) is 3.11. The van der Waals surface area contributed by atoms with E-state index in [1.165, 1.54) is 5.56 Å². The Kier molecular flexibility index (Phi) is 4.29. The van der Waals surface area contributed by atoms with E-state index in [-0.39, 0.29) is 5.91 Å². The van der Waals surface area contributed by atoms with Gasteiger partial charge < -0.3 is 4.90 Å². The standard InChI is InChI=1S/C20H20N4O/c25-19(7-6-16-4-2-1-3-5-16)24-15-14-23-13-10-18(22-20(23)24)17-8-11-21-12-9-17/h1-5,8-12H,6-7,13-15H2. The van der Waals surface area contributed by atoms with Crippen LogP contribution in [0.2, 0.25) is 0 Å². The van der Waals surface area contributed by atoms with Crippen LogP contribution in [0.25, 0.3) is 5.70 Å². The van der Waals surface area contributed by atoms with Crippen LogP contribution in [0.4, 0.5) is 0 Å². The first-order valence-electron chi connectivity index (χ1n) is 8.60. The van der Waals surface area contributed by atoms with Crippen LogP contribution in [0, 0.1) is 0 Å². The van der Waals surface area contributed by atoms with E-state index in [9.17, 15) is 4.79 Å². The first-order chi connectivity index (χ1) is 12.3. The van der Waals surface area contributed by atoms with Crippen molar-refractivity contribution in [3.8, 4) is 0 Å². The second-order valence-electron chi connectivity index (χ2n) is 6.21. The molecule has 1 aromatic carbocycles. The van der Waals surface area contributed by atoms with Crippen molar-refractivity contribution in [2.75, 3.05) is 19.6 Å². The molecule has 4 rings (SSSR count). The van der Waals surface area contributed by atoms with Gasteiger partial charge in [0.15, 0.2) is 0 Å². The number of pyridine rings is 1. The summed E-state index contributed by atoms with van der Waals surface area (Å²) in [6.07, 6.45) is 6.90. The molecule has 1 fully saturated rings. The number of fused-ring (bicyclic) bond motifs is 1. The van der Waals surface area contributed by atoms with Crippen LogP contribution in [0.15, 0.2) is 65.9 Å². The summed E-state index contributed by atoms with van der Waals surface area (Å²) in [7, 11) is 0. The van der Waals surface area contributed by atoms with E-state index in [0.717, 1.165) is 36.7 Å². The number of hydrogen-bond acceptors (Lipinski definition) is 4. The molecule has 0 saturated carbocycles. The predicted octanol–water partition coefficient (Wildman–Crippen LogP) is 2.57. The molecule has 0 radical (unpaired) electrons. The number of benzene rings is 1. The van der Waals surface area contributed by atoms with Crippen molar-refractivity contribution < 1.29 is 4.79 Å². The molecule has 0 aliphatic carbocycles. The Morgan fingerprint density at radius 1 is 1.04 bits per heavy atom. The van der Waals surface area contributed by atoms with E-state index in [1.54, 1.807) is 12.4 Å². The maximum atomic E-state index is 12.7. The van der Waals surface area contributed by atoms with Gasteiger partial charge in [-0.25, -0.2) is 4.99 Å². The van der Waals surface area contributed by atoms with Gasteiger partial charge in [0.05, 0.1) is 5.70 Å². The molecule has 0 atom stereocenters. The monoisotopic (exact) mass is 332 g/mol. The smallest absolute Gasteiger partial charge is 0.229 e. The van der Waals surface area contributed by atoms with E-state index >= 15 is 0 Å². The Labute approximate surface area is 147 Å². The Bertz CT molecular complexity index is 814. The third-order valence-corrected chi connectivity index (χ3v) is 4.59. The number of amides is 1. The number of nitrogens with zero attached hydrogens (tertiary/aromatic N) is 4. The lowest BCUT2D eigenvalue weighted by molar-refractivity contribution is -0.126. The average molecular weight is 332 g/mol. The van der Waals surface area contributed by atoms with E-state index < -0.39 is 0 Å². The van der Waals surface area contributed by atoms with Crippen molar-refractivity contribution in [3.63, 3.8) is 0 Å². The van der Waals surface area contributed by atoms with E-state index in [1.807, 2.05) is 35.2 Å². The van der Waals surface area contributed by atoms with Crippen LogP contribution in [0.3, 0.4) is 0 Å². The fourth-order valence-electron chi connectivity index (χ4n) is 3.22. The quantitative estimate of drug-likeness (QED) is 0.864. The van der Waals surface area contributed by atoms with Gasteiger partial charge in [-0.05, 0) is 30.2 Å². The van der Waals surface area contributed by atoms with Crippen molar-refractivity contribution in [1.82, 2.24) is 14.8 Å². The minimum atomic E-state index is 0.140. The number of hydrogen-bond donors (Lipinski definition) is 0. The van der Waals surface area contributed by atoms with Gasteiger partial charge in [-0.3, -0.25) is 14.7 Å². The highest BCUT2D eigenvalue weighted by Crippen LogP contribution is 2.23. The van der Waals surface area contributed by atoms with Crippen LogP contribution in [-0.4, -0.2) is 46.3 Å². The molecule has 1 aromatic heterocycles. The van der Waals surface area contributed by atoms with Crippen molar-refractivity contribution in [2.45, 2.75) is 12.8 Å². The summed E-state index contributed by atoms with van der Waals surface area (Å²) in [4.78, 5) is 25.5. The van der Waals surface area contributed by atoms with E-state index in [4.69, 9.17) is 4.99 Å². The molecule has 0 unspecified atom stereocenters. The zero-order valence-electron chi connectivity index (χ0n) is 14.0. The van der Waals surface area contributed by atoms with Crippen molar-refractivity contribution in [3.05, 3.63) is 72.1 Å². The normalized spacial score (nSPS) is 16.3. The van der Waals surface area contributed by atoms with Crippen LogP contribution < -0.4 is 0 Å². The summed E-state index contributed by atoms with van der Waals surface area (Å²) in [5, 5.41) is 0. The largest absolute Gasteiger partial charge is 0.337 e. The molecule has 2 aliphatic rings. The lowest BCUT2D eigenvalue weighted by Gasteiger charge is -2.25. The number of aryl methyl sites for hydroxylation is 1. The number of carbonyl (C=O) groups is 1. The van der Waals surface area contributed by atoms with Crippen LogP contribution >= 0.6 is 0 Å². The predicted molar refractivity (Wildman–Crippen MR) is 97.7 cm³/mol. The van der Waals surface area contributed by atoms with Crippen molar-refractivity contribution in [2.24, 2.45) is 4.99 Å². The number of rotatable bonds is 4. The zero-order valence-corrected chi connectivity index (χ0v) is 14.0. The summed E-state index contributed by atoms with van der Waals surface area (Å²) >= 11 is 0. The lowest BCUT2D eigenvalue weighted by Crippen LogP contribution is -2.39.